The first-order chi connectivity index (χ1) is 6.25. The third-order valence-corrected chi connectivity index (χ3v) is 3.09. The Hall–Kier alpha value is -0.300. The Bertz CT molecular complexity index is 166. The second-order valence-corrected chi connectivity index (χ2v) is 4.20. The molecule has 13 heavy (non-hydrogen) atoms. The van der Waals surface area contributed by atoms with Gasteiger partial charge in [0.15, 0.2) is 0 Å². The van der Waals surface area contributed by atoms with Crippen molar-refractivity contribution in [2.45, 2.75) is 58.5 Å². The minimum Gasteiger partial charge on any atom is -0.388 e. The highest BCUT2D eigenvalue weighted by atomic mass is 16.3. The zero-order valence-electron chi connectivity index (χ0n) is 8.92. The lowest BCUT2D eigenvalue weighted by atomic mass is 9.83. The summed E-state index contributed by atoms with van der Waals surface area (Å²) in [6.45, 7) is 4.18. The van der Waals surface area contributed by atoms with Gasteiger partial charge in [-0.3, -0.25) is 0 Å². The van der Waals surface area contributed by atoms with Crippen molar-refractivity contribution < 1.29 is 5.11 Å². The van der Waals surface area contributed by atoms with Gasteiger partial charge in [-0.2, -0.15) is 0 Å². The highest BCUT2D eigenvalue weighted by Gasteiger charge is 2.22. The van der Waals surface area contributed by atoms with Crippen LogP contribution in [0.5, 0.6) is 0 Å². The van der Waals surface area contributed by atoms with Crippen molar-refractivity contribution >= 4 is 0 Å². The van der Waals surface area contributed by atoms with Gasteiger partial charge in [0.1, 0.15) is 0 Å². The van der Waals surface area contributed by atoms with E-state index < -0.39 is 0 Å². The standard InChI is InChI=1S/C12H22O/c1-3-7-10(2)12(13)11-8-5-4-6-9-11/h7,11-13H,3-6,8-9H2,1-2H3. The molecule has 0 aromatic rings. The van der Waals surface area contributed by atoms with E-state index in [0.717, 1.165) is 6.42 Å². The quantitative estimate of drug-likeness (QED) is 0.664. The summed E-state index contributed by atoms with van der Waals surface area (Å²) in [6, 6.07) is 0. The fourth-order valence-electron chi connectivity index (χ4n) is 2.26. The number of rotatable bonds is 3. The van der Waals surface area contributed by atoms with Crippen molar-refractivity contribution in [3.05, 3.63) is 11.6 Å². The molecule has 1 atom stereocenters. The van der Waals surface area contributed by atoms with Crippen LogP contribution in [0, 0.1) is 5.92 Å². The van der Waals surface area contributed by atoms with Gasteiger partial charge >= 0.3 is 0 Å². The Morgan fingerprint density at radius 3 is 2.54 bits per heavy atom. The average Bonchev–Trinajstić information content (AvgIpc) is 2.18. The normalized spacial score (nSPS) is 23.2. The van der Waals surface area contributed by atoms with E-state index >= 15 is 0 Å². The molecule has 1 aliphatic carbocycles. The van der Waals surface area contributed by atoms with Crippen LogP contribution in [-0.4, -0.2) is 11.2 Å². The molecule has 0 spiro atoms. The maximum atomic E-state index is 10.0. The Balaban J connectivity index is 2.44. The number of hydrogen-bond donors (Lipinski definition) is 1. The van der Waals surface area contributed by atoms with Gasteiger partial charge in [0.2, 0.25) is 0 Å². The molecule has 1 heteroatoms. The maximum absolute atomic E-state index is 10.0. The third kappa shape index (κ3) is 3.15. The monoisotopic (exact) mass is 182 g/mol. The molecular formula is C12H22O. The predicted molar refractivity (Wildman–Crippen MR) is 56.6 cm³/mol. The van der Waals surface area contributed by atoms with Crippen LogP contribution in [0.1, 0.15) is 52.4 Å². The van der Waals surface area contributed by atoms with E-state index in [4.69, 9.17) is 0 Å². The van der Waals surface area contributed by atoms with E-state index in [9.17, 15) is 5.11 Å². The van der Waals surface area contributed by atoms with Gasteiger partial charge in [0.05, 0.1) is 6.10 Å². The van der Waals surface area contributed by atoms with Crippen molar-refractivity contribution in [1.82, 2.24) is 0 Å². The summed E-state index contributed by atoms with van der Waals surface area (Å²) in [5, 5.41) is 10.0. The second-order valence-electron chi connectivity index (χ2n) is 4.20. The van der Waals surface area contributed by atoms with Crippen LogP contribution in [0.3, 0.4) is 0 Å². The highest BCUT2D eigenvalue weighted by molar-refractivity contribution is 5.06. The van der Waals surface area contributed by atoms with Crippen molar-refractivity contribution in [1.29, 1.82) is 0 Å². The second kappa shape index (κ2) is 5.43. The molecule has 0 aromatic heterocycles. The summed E-state index contributed by atoms with van der Waals surface area (Å²) in [5.74, 6) is 0.538. The zero-order valence-corrected chi connectivity index (χ0v) is 8.92. The maximum Gasteiger partial charge on any atom is 0.0775 e. The lowest BCUT2D eigenvalue weighted by molar-refractivity contribution is 0.115. The molecule has 0 amide bonds. The van der Waals surface area contributed by atoms with Crippen LogP contribution in [0.15, 0.2) is 11.6 Å². The molecule has 0 aromatic carbocycles. The van der Waals surface area contributed by atoms with Crippen LogP contribution >= 0.6 is 0 Å². The van der Waals surface area contributed by atoms with Gasteiger partial charge in [-0.05, 0) is 37.7 Å². The predicted octanol–water partition coefficient (Wildman–Crippen LogP) is 3.28. The third-order valence-electron chi connectivity index (χ3n) is 3.09. The van der Waals surface area contributed by atoms with Gasteiger partial charge in [-0.15, -0.1) is 0 Å². The molecule has 76 valence electrons. The Morgan fingerprint density at radius 1 is 1.38 bits per heavy atom. The van der Waals surface area contributed by atoms with E-state index in [2.05, 4.69) is 19.9 Å². The first-order valence-electron chi connectivity index (χ1n) is 5.60. The van der Waals surface area contributed by atoms with Gasteiger partial charge in [-0.25, -0.2) is 0 Å². The molecule has 0 saturated heterocycles. The van der Waals surface area contributed by atoms with Crippen molar-refractivity contribution in [2.24, 2.45) is 5.92 Å². The van der Waals surface area contributed by atoms with Crippen LogP contribution in [-0.2, 0) is 0 Å². The Labute approximate surface area is 81.9 Å². The number of aliphatic hydroxyl groups is 1. The number of allylic oxidation sites excluding steroid dienone is 1. The first kappa shape index (κ1) is 10.8. The van der Waals surface area contributed by atoms with Crippen LogP contribution in [0.4, 0.5) is 0 Å². The van der Waals surface area contributed by atoms with E-state index in [1.807, 2.05) is 0 Å². The minimum absolute atomic E-state index is 0.166. The molecule has 1 N–H and O–H groups in total. The molecular weight excluding hydrogens is 160 g/mol. The van der Waals surface area contributed by atoms with E-state index in [1.165, 1.54) is 37.7 Å². The molecule has 1 fully saturated rings. The molecule has 1 saturated carbocycles. The van der Waals surface area contributed by atoms with Gasteiger partial charge < -0.3 is 5.11 Å². The summed E-state index contributed by atoms with van der Waals surface area (Å²) in [4.78, 5) is 0. The number of aliphatic hydroxyl groups excluding tert-OH is 1. The smallest absolute Gasteiger partial charge is 0.0775 e. The van der Waals surface area contributed by atoms with Gasteiger partial charge in [0.25, 0.3) is 0 Å². The summed E-state index contributed by atoms with van der Waals surface area (Å²) in [6.07, 6.45) is 9.43. The van der Waals surface area contributed by atoms with Crippen LogP contribution in [0.25, 0.3) is 0 Å². The van der Waals surface area contributed by atoms with Crippen molar-refractivity contribution in [2.75, 3.05) is 0 Å². The zero-order chi connectivity index (χ0) is 9.68. The SMILES string of the molecule is CCC=C(C)C(O)C1CCCCC1. The summed E-state index contributed by atoms with van der Waals surface area (Å²) >= 11 is 0. The van der Waals surface area contributed by atoms with Gasteiger partial charge in [0, 0.05) is 0 Å². The molecule has 0 bridgehead atoms. The molecule has 1 nitrogen and oxygen atoms in total. The fraction of sp³-hybridized carbons (Fsp3) is 0.833. The summed E-state index contributed by atoms with van der Waals surface area (Å²) < 4.78 is 0. The Kier molecular flexibility index (Phi) is 4.51. The fourth-order valence-corrected chi connectivity index (χ4v) is 2.26. The van der Waals surface area contributed by atoms with E-state index in [0.29, 0.717) is 5.92 Å². The largest absolute Gasteiger partial charge is 0.388 e. The Morgan fingerprint density at radius 2 is 2.00 bits per heavy atom. The summed E-state index contributed by atoms with van der Waals surface area (Å²) in [7, 11) is 0. The molecule has 1 unspecified atom stereocenters. The van der Waals surface area contributed by atoms with Gasteiger partial charge in [-0.1, -0.05) is 32.3 Å². The molecule has 0 radical (unpaired) electrons. The van der Waals surface area contributed by atoms with E-state index in [-0.39, 0.29) is 6.10 Å². The molecule has 0 aliphatic heterocycles. The molecule has 1 rings (SSSR count). The first-order valence-corrected chi connectivity index (χ1v) is 5.60. The van der Waals surface area contributed by atoms with Crippen molar-refractivity contribution in [3.63, 3.8) is 0 Å². The topological polar surface area (TPSA) is 20.2 Å². The lowest BCUT2D eigenvalue weighted by Crippen LogP contribution is -2.23. The molecule has 1 aliphatic rings. The number of hydrogen-bond acceptors (Lipinski definition) is 1. The van der Waals surface area contributed by atoms with E-state index in [1.54, 1.807) is 0 Å². The lowest BCUT2D eigenvalue weighted by Gasteiger charge is -2.27. The molecule has 0 heterocycles. The van der Waals surface area contributed by atoms with Crippen molar-refractivity contribution in [3.8, 4) is 0 Å². The minimum atomic E-state index is -0.166. The average molecular weight is 182 g/mol. The highest BCUT2D eigenvalue weighted by Crippen LogP contribution is 2.29. The summed E-state index contributed by atoms with van der Waals surface area (Å²) in [5.41, 5.74) is 1.18. The van der Waals surface area contributed by atoms with Crippen LogP contribution < -0.4 is 0 Å². The van der Waals surface area contributed by atoms with Crippen LogP contribution in [0.2, 0.25) is 0 Å².